The van der Waals surface area contributed by atoms with E-state index in [0.717, 1.165) is 36.0 Å². The van der Waals surface area contributed by atoms with Gasteiger partial charge in [0.2, 0.25) is 5.95 Å². The van der Waals surface area contributed by atoms with Gasteiger partial charge < -0.3 is 10.6 Å². The zero-order valence-electron chi connectivity index (χ0n) is 15.1. The van der Waals surface area contributed by atoms with Crippen molar-refractivity contribution in [1.82, 2.24) is 9.97 Å². The summed E-state index contributed by atoms with van der Waals surface area (Å²) in [5.41, 5.74) is 4.65. The van der Waals surface area contributed by atoms with Gasteiger partial charge in [0.15, 0.2) is 0 Å². The molecule has 0 radical (unpaired) electrons. The molecule has 2 N–H and O–H groups in total. The van der Waals surface area contributed by atoms with Gasteiger partial charge in [0.05, 0.1) is 0 Å². The number of benzene rings is 2. The van der Waals surface area contributed by atoms with Crippen LogP contribution in [0, 0.1) is 13.8 Å². The van der Waals surface area contributed by atoms with E-state index in [1.165, 1.54) is 16.7 Å². The third kappa shape index (κ3) is 5.20. The molecule has 0 fully saturated rings. The second-order valence-electron chi connectivity index (χ2n) is 6.30. The number of aryl methyl sites for hydroxylation is 2. The maximum absolute atomic E-state index is 6.03. The molecule has 0 aliphatic rings. The molecule has 0 amide bonds. The lowest BCUT2D eigenvalue weighted by Gasteiger charge is -2.11. The van der Waals surface area contributed by atoms with Crippen LogP contribution >= 0.6 is 11.6 Å². The fourth-order valence-electron chi connectivity index (χ4n) is 2.74. The van der Waals surface area contributed by atoms with Crippen molar-refractivity contribution in [1.29, 1.82) is 0 Å². The molecule has 0 unspecified atom stereocenters. The van der Waals surface area contributed by atoms with Crippen LogP contribution in [0.2, 0.25) is 5.02 Å². The molecular weight excluding hydrogens is 344 g/mol. The number of rotatable bonds is 7. The average molecular weight is 367 g/mol. The summed E-state index contributed by atoms with van der Waals surface area (Å²) in [6.07, 6.45) is 0.865. The van der Waals surface area contributed by atoms with E-state index in [0.29, 0.717) is 5.95 Å². The molecule has 1 aromatic heterocycles. The molecule has 4 nitrogen and oxygen atoms in total. The standard InChI is InChI=1S/C21H23ClN4/c1-15-6-3-4-8-18(15)14-24-20-12-16(2)25-21(26-20)23-11-10-17-7-5-9-19(22)13-17/h3-9,12-13H,10-11,14H2,1-2H3,(H2,23,24,25,26). The molecule has 0 aliphatic heterocycles. The van der Waals surface area contributed by atoms with Crippen molar-refractivity contribution < 1.29 is 0 Å². The van der Waals surface area contributed by atoms with Crippen LogP contribution in [0.1, 0.15) is 22.4 Å². The fraction of sp³-hybridized carbons (Fsp3) is 0.238. The molecule has 5 heteroatoms. The molecule has 0 aliphatic carbocycles. The second-order valence-corrected chi connectivity index (χ2v) is 6.74. The van der Waals surface area contributed by atoms with Gasteiger partial charge in [0.25, 0.3) is 0 Å². The molecule has 0 bridgehead atoms. The molecule has 1 heterocycles. The van der Waals surface area contributed by atoms with Crippen molar-refractivity contribution in [2.75, 3.05) is 17.2 Å². The van der Waals surface area contributed by atoms with E-state index >= 15 is 0 Å². The van der Waals surface area contributed by atoms with Crippen molar-refractivity contribution in [3.05, 3.63) is 82.0 Å². The van der Waals surface area contributed by atoms with Crippen molar-refractivity contribution in [3.63, 3.8) is 0 Å². The number of anilines is 2. The van der Waals surface area contributed by atoms with E-state index in [4.69, 9.17) is 11.6 Å². The summed E-state index contributed by atoms with van der Waals surface area (Å²) in [7, 11) is 0. The van der Waals surface area contributed by atoms with Crippen molar-refractivity contribution >= 4 is 23.4 Å². The largest absolute Gasteiger partial charge is 0.366 e. The minimum absolute atomic E-state index is 0.638. The summed E-state index contributed by atoms with van der Waals surface area (Å²) in [6, 6.07) is 18.2. The molecule has 3 rings (SSSR count). The number of halogens is 1. The molecule has 0 saturated carbocycles. The van der Waals surface area contributed by atoms with Gasteiger partial charge in [0, 0.05) is 29.9 Å². The highest BCUT2D eigenvalue weighted by atomic mass is 35.5. The predicted molar refractivity (Wildman–Crippen MR) is 109 cm³/mol. The Bertz CT molecular complexity index is 879. The molecule has 134 valence electrons. The van der Waals surface area contributed by atoms with Crippen LogP contribution in [0.4, 0.5) is 11.8 Å². The van der Waals surface area contributed by atoms with Gasteiger partial charge in [-0.05, 0) is 49.1 Å². The highest BCUT2D eigenvalue weighted by Crippen LogP contribution is 2.14. The first-order valence-electron chi connectivity index (χ1n) is 8.72. The zero-order chi connectivity index (χ0) is 18.4. The Morgan fingerprint density at radius 2 is 1.77 bits per heavy atom. The van der Waals surface area contributed by atoms with Gasteiger partial charge in [-0.1, -0.05) is 48.0 Å². The summed E-state index contributed by atoms with van der Waals surface area (Å²) in [6.45, 7) is 5.58. The average Bonchev–Trinajstić information content (AvgIpc) is 2.61. The maximum atomic E-state index is 6.03. The zero-order valence-corrected chi connectivity index (χ0v) is 15.8. The van der Waals surface area contributed by atoms with Crippen LogP contribution in [0.15, 0.2) is 54.6 Å². The smallest absolute Gasteiger partial charge is 0.224 e. The summed E-state index contributed by atoms with van der Waals surface area (Å²) in [4.78, 5) is 9.03. The Hall–Kier alpha value is -2.59. The van der Waals surface area contributed by atoms with Gasteiger partial charge in [0.1, 0.15) is 5.82 Å². The molecule has 0 saturated heterocycles. The minimum Gasteiger partial charge on any atom is -0.366 e. The van der Waals surface area contributed by atoms with Crippen LogP contribution in [-0.2, 0) is 13.0 Å². The van der Waals surface area contributed by atoms with Crippen LogP contribution in [0.3, 0.4) is 0 Å². The first-order valence-corrected chi connectivity index (χ1v) is 9.10. The Labute approximate surface area is 159 Å². The van der Waals surface area contributed by atoms with Crippen LogP contribution in [0.5, 0.6) is 0 Å². The minimum atomic E-state index is 0.638. The van der Waals surface area contributed by atoms with Crippen LogP contribution in [-0.4, -0.2) is 16.5 Å². The topological polar surface area (TPSA) is 49.8 Å². The molecule has 2 aromatic carbocycles. The maximum Gasteiger partial charge on any atom is 0.224 e. The monoisotopic (exact) mass is 366 g/mol. The van der Waals surface area contributed by atoms with E-state index in [1.54, 1.807) is 0 Å². The van der Waals surface area contributed by atoms with E-state index < -0.39 is 0 Å². The van der Waals surface area contributed by atoms with Gasteiger partial charge >= 0.3 is 0 Å². The van der Waals surface area contributed by atoms with Gasteiger partial charge in [-0.25, -0.2) is 4.98 Å². The van der Waals surface area contributed by atoms with Gasteiger partial charge in [-0.2, -0.15) is 4.98 Å². The SMILES string of the molecule is Cc1cc(NCc2ccccc2C)nc(NCCc2cccc(Cl)c2)n1. The van der Waals surface area contributed by atoms with Crippen molar-refractivity contribution in [2.24, 2.45) is 0 Å². The summed E-state index contributed by atoms with van der Waals surface area (Å²) < 4.78 is 0. The lowest BCUT2D eigenvalue weighted by atomic mass is 10.1. The van der Waals surface area contributed by atoms with Crippen LogP contribution < -0.4 is 10.6 Å². The van der Waals surface area contributed by atoms with Gasteiger partial charge in [-0.15, -0.1) is 0 Å². The Morgan fingerprint density at radius 3 is 2.58 bits per heavy atom. The molecule has 26 heavy (non-hydrogen) atoms. The summed E-state index contributed by atoms with van der Waals surface area (Å²) in [5.74, 6) is 1.46. The number of hydrogen-bond donors (Lipinski definition) is 2. The van der Waals surface area contributed by atoms with Crippen molar-refractivity contribution in [3.8, 4) is 0 Å². The third-order valence-corrected chi connectivity index (χ3v) is 4.40. The summed E-state index contributed by atoms with van der Waals surface area (Å²) in [5, 5.41) is 7.45. The van der Waals surface area contributed by atoms with Gasteiger partial charge in [-0.3, -0.25) is 0 Å². The highest BCUT2D eigenvalue weighted by molar-refractivity contribution is 6.30. The van der Waals surface area contributed by atoms with Crippen molar-refractivity contribution in [2.45, 2.75) is 26.8 Å². The second kappa shape index (κ2) is 8.68. The lowest BCUT2D eigenvalue weighted by Crippen LogP contribution is -2.11. The van der Waals surface area contributed by atoms with E-state index in [-0.39, 0.29) is 0 Å². The normalized spacial score (nSPS) is 10.6. The molecular formula is C21H23ClN4. The predicted octanol–water partition coefficient (Wildman–Crippen LogP) is 5.01. The van der Waals surface area contributed by atoms with E-state index in [2.05, 4.69) is 57.9 Å². The quantitative estimate of drug-likeness (QED) is 0.616. The lowest BCUT2D eigenvalue weighted by molar-refractivity contribution is 0.969. The molecule has 0 atom stereocenters. The summed E-state index contributed by atoms with van der Waals surface area (Å²) >= 11 is 6.03. The van der Waals surface area contributed by atoms with E-state index in [9.17, 15) is 0 Å². The van der Waals surface area contributed by atoms with Crippen LogP contribution in [0.25, 0.3) is 0 Å². The highest BCUT2D eigenvalue weighted by Gasteiger charge is 2.04. The number of nitrogens with one attached hydrogen (secondary N) is 2. The Morgan fingerprint density at radius 1 is 0.923 bits per heavy atom. The number of hydrogen-bond acceptors (Lipinski definition) is 4. The number of nitrogens with zero attached hydrogens (tertiary/aromatic N) is 2. The third-order valence-electron chi connectivity index (χ3n) is 4.16. The Balaban J connectivity index is 1.59. The first kappa shape index (κ1) is 18.2. The fourth-order valence-corrected chi connectivity index (χ4v) is 2.96. The number of aromatic nitrogens is 2. The molecule has 3 aromatic rings. The molecule has 0 spiro atoms. The first-order chi connectivity index (χ1) is 12.6. The Kier molecular flexibility index (Phi) is 6.08. The van der Waals surface area contributed by atoms with E-state index in [1.807, 2.05) is 31.2 Å².